The minimum Gasteiger partial charge on any atom is -0.507 e. The summed E-state index contributed by atoms with van der Waals surface area (Å²) in [5.74, 6) is -1.44. The van der Waals surface area contributed by atoms with Gasteiger partial charge in [0, 0.05) is 16.6 Å². The van der Waals surface area contributed by atoms with Gasteiger partial charge < -0.3 is 15.2 Å². The molecule has 5 nitrogen and oxygen atoms in total. The van der Waals surface area contributed by atoms with Crippen molar-refractivity contribution in [2.45, 2.75) is 13.5 Å². The third-order valence-electron chi connectivity index (χ3n) is 3.20. The van der Waals surface area contributed by atoms with Crippen LogP contribution in [0.2, 0.25) is 10.0 Å². The van der Waals surface area contributed by atoms with Gasteiger partial charge in [-0.3, -0.25) is 4.79 Å². The van der Waals surface area contributed by atoms with Crippen molar-refractivity contribution in [1.29, 1.82) is 0 Å². The van der Waals surface area contributed by atoms with Gasteiger partial charge in [0.2, 0.25) is 0 Å². The third kappa shape index (κ3) is 4.88. The molecule has 1 amide bonds. The Bertz CT molecular complexity index is 777. The first-order valence-electron chi connectivity index (χ1n) is 7.04. The Morgan fingerprint density at radius 3 is 2.58 bits per heavy atom. The maximum absolute atomic E-state index is 11.8. The van der Waals surface area contributed by atoms with Crippen molar-refractivity contribution in [3.8, 4) is 5.75 Å². The zero-order valence-corrected chi connectivity index (χ0v) is 14.3. The molecule has 0 spiro atoms. The molecule has 0 saturated heterocycles. The van der Waals surface area contributed by atoms with Crippen LogP contribution in [-0.2, 0) is 16.1 Å². The largest absolute Gasteiger partial charge is 0.507 e. The van der Waals surface area contributed by atoms with Crippen LogP contribution in [0.1, 0.15) is 21.5 Å². The molecule has 0 aliphatic rings. The summed E-state index contributed by atoms with van der Waals surface area (Å²) in [6, 6.07) is 9.48. The van der Waals surface area contributed by atoms with E-state index in [-0.39, 0.29) is 17.9 Å². The lowest BCUT2D eigenvalue weighted by Crippen LogP contribution is -2.28. The van der Waals surface area contributed by atoms with Gasteiger partial charge in [0.05, 0.1) is 0 Å². The molecule has 126 valence electrons. The SMILES string of the molecule is Cc1ccc(C(=O)OCC(=O)NCc2ccc(Cl)cc2Cl)c(O)c1. The van der Waals surface area contributed by atoms with Crippen molar-refractivity contribution < 1.29 is 19.4 Å². The van der Waals surface area contributed by atoms with Crippen molar-refractivity contribution in [1.82, 2.24) is 5.32 Å². The number of hydrogen-bond acceptors (Lipinski definition) is 4. The van der Waals surface area contributed by atoms with Crippen LogP contribution >= 0.6 is 23.2 Å². The molecular weight excluding hydrogens is 353 g/mol. The second-order valence-electron chi connectivity index (χ2n) is 5.11. The number of esters is 1. The standard InChI is InChI=1S/C17H15Cl2NO4/c1-10-2-5-13(15(21)6-10)17(23)24-9-16(22)20-8-11-3-4-12(18)7-14(11)19/h2-7,21H,8-9H2,1H3,(H,20,22). The topological polar surface area (TPSA) is 75.6 Å². The molecule has 2 N–H and O–H groups in total. The Morgan fingerprint density at radius 2 is 1.92 bits per heavy atom. The van der Waals surface area contributed by atoms with E-state index in [1.54, 1.807) is 31.2 Å². The van der Waals surface area contributed by atoms with E-state index in [1.807, 2.05) is 0 Å². The summed E-state index contributed by atoms with van der Waals surface area (Å²) in [6.45, 7) is 1.50. The normalized spacial score (nSPS) is 10.3. The molecule has 0 radical (unpaired) electrons. The second-order valence-corrected chi connectivity index (χ2v) is 5.95. The van der Waals surface area contributed by atoms with Crippen molar-refractivity contribution in [3.63, 3.8) is 0 Å². The van der Waals surface area contributed by atoms with Gasteiger partial charge in [-0.25, -0.2) is 4.79 Å². The fourth-order valence-electron chi connectivity index (χ4n) is 1.93. The molecule has 0 aliphatic heterocycles. The summed E-state index contributed by atoms with van der Waals surface area (Å²) in [5.41, 5.74) is 1.51. The van der Waals surface area contributed by atoms with E-state index in [0.29, 0.717) is 15.6 Å². The predicted molar refractivity (Wildman–Crippen MR) is 91.4 cm³/mol. The summed E-state index contributed by atoms with van der Waals surface area (Å²) in [4.78, 5) is 23.6. The summed E-state index contributed by atoms with van der Waals surface area (Å²) >= 11 is 11.8. The lowest BCUT2D eigenvalue weighted by atomic mass is 10.1. The minimum absolute atomic E-state index is 0.00847. The van der Waals surface area contributed by atoms with Crippen LogP contribution in [0.25, 0.3) is 0 Å². The smallest absolute Gasteiger partial charge is 0.342 e. The average molecular weight is 368 g/mol. The Labute approximate surface area is 149 Å². The molecule has 0 heterocycles. The number of benzene rings is 2. The molecule has 2 aromatic rings. The van der Waals surface area contributed by atoms with E-state index in [9.17, 15) is 14.7 Å². The zero-order chi connectivity index (χ0) is 17.7. The van der Waals surface area contributed by atoms with E-state index in [2.05, 4.69) is 5.32 Å². The number of ether oxygens (including phenoxy) is 1. The number of carbonyl (C=O) groups is 2. The Hall–Kier alpha value is -2.24. The van der Waals surface area contributed by atoms with Crippen molar-refractivity contribution in [3.05, 3.63) is 63.1 Å². The Morgan fingerprint density at radius 1 is 1.17 bits per heavy atom. The van der Waals surface area contributed by atoms with E-state index in [0.717, 1.165) is 5.56 Å². The number of rotatable bonds is 5. The van der Waals surface area contributed by atoms with Gasteiger partial charge in [0.1, 0.15) is 11.3 Å². The molecule has 2 aromatic carbocycles. The molecule has 2 rings (SSSR count). The number of aromatic hydroxyl groups is 1. The van der Waals surface area contributed by atoms with Gasteiger partial charge in [-0.2, -0.15) is 0 Å². The monoisotopic (exact) mass is 367 g/mol. The zero-order valence-electron chi connectivity index (χ0n) is 12.8. The maximum atomic E-state index is 11.8. The molecular formula is C17H15Cl2NO4. The summed E-state index contributed by atoms with van der Waals surface area (Å²) < 4.78 is 4.88. The minimum atomic E-state index is -0.771. The number of hydrogen-bond donors (Lipinski definition) is 2. The van der Waals surface area contributed by atoms with Crippen LogP contribution in [0.3, 0.4) is 0 Å². The molecule has 0 aliphatic carbocycles. The van der Waals surface area contributed by atoms with E-state index < -0.39 is 18.5 Å². The van der Waals surface area contributed by atoms with Crippen molar-refractivity contribution in [2.24, 2.45) is 0 Å². The highest BCUT2D eigenvalue weighted by molar-refractivity contribution is 6.35. The number of amides is 1. The molecule has 7 heteroatoms. The number of halogens is 2. The van der Waals surface area contributed by atoms with Crippen molar-refractivity contribution in [2.75, 3.05) is 6.61 Å². The lowest BCUT2D eigenvalue weighted by molar-refractivity contribution is -0.124. The molecule has 0 fully saturated rings. The molecule has 0 aromatic heterocycles. The first-order valence-corrected chi connectivity index (χ1v) is 7.80. The third-order valence-corrected chi connectivity index (χ3v) is 3.79. The number of carbonyl (C=O) groups excluding carboxylic acids is 2. The fourth-order valence-corrected chi connectivity index (χ4v) is 2.41. The maximum Gasteiger partial charge on any atom is 0.342 e. The van der Waals surface area contributed by atoms with Crippen LogP contribution in [-0.4, -0.2) is 23.6 Å². The van der Waals surface area contributed by atoms with Crippen LogP contribution in [0.15, 0.2) is 36.4 Å². The molecule has 0 atom stereocenters. The summed E-state index contributed by atoms with van der Waals surface area (Å²) in [5, 5.41) is 13.2. The van der Waals surface area contributed by atoms with Crippen LogP contribution in [0, 0.1) is 6.92 Å². The first-order chi connectivity index (χ1) is 11.4. The van der Waals surface area contributed by atoms with Crippen LogP contribution < -0.4 is 5.32 Å². The van der Waals surface area contributed by atoms with Gasteiger partial charge in [0.15, 0.2) is 6.61 Å². The van der Waals surface area contributed by atoms with Crippen LogP contribution in [0.5, 0.6) is 5.75 Å². The number of phenolic OH excluding ortho intramolecular Hbond substituents is 1. The highest BCUT2D eigenvalue weighted by Crippen LogP contribution is 2.21. The molecule has 0 unspecified atom stereocenters. The summed E-state index contributed by atoms with van der Waals surface area (Å²) in [6.07, 6.45) is 0. The highest BCUT2D eigenvalue weighted by atomic mass is 35.5. The highest BCUT2D eigenvalue weighted by Gasteiger charge is 2.14. The Kier molecular flexibility index (Phi) is 6.06. The van der Waals surface area contributed by atoms with E-state index in [1.165, 1.54) is 12.1 Å². The first kappa shape index (κ1) is 18.1. The van der Waals surface area contributed by atoms with Crippen LogP contribution in [0.4, 0.5) is 0 Å². The average Bonchev–Trinajstić information content (AvgIpc) is 2.51. The molecule has 0 saturated carbocycles. The fraction of sp³-hybridized carbons (Fsp3) is 0.176. The number of nitrogens with one attached hydrogen (secondary N) is 1. The van der Waals surface area contributed by atoms with Gasteiger partial charge in [0.25, 0.3) is 5.91 Å². The lowest BCUT2D eigenvalue weighted by Gasteiger charge is -2.09. The van der Waals surface area contributed by atoms with Gasteiger partial charge in [-0.15, -0.1) is 0 Å². The van der Waals surface area contributed by atoms with Gasteiger partial charge in [-0.05, 0) is 42.3 Å². The van der Waals surface area contributed by atoms with Gasteiger partial charge >= 0.3 is 5.97 Å². The predicted octanol–water partition coefficient (Wildman–Crippen LogP) is 3.48. The molecule has 0 bridgehead atoms. The van der Waals surface area contributed by atoms with E-state index >= 15 is 0 Å². The van der Waals surface area contributed by atoms with Gasteiger partial charge in [-0.1, -0.05) is 35.3 Å². The van der Waals surface area contributed by atoms with E-state index in [4.69, 9.17) is 27.9 Å². The summed E-state index contributed by atoms with van der Waals surface area (Å²) in [7, 11) is 0. The quantitative estimate of drug-likeness (QED) is 0.793. The number of phenols is 1. The second kappa shape index (κ2) is 8.04. The van der Waals surface area contributed by atoms with Crippen molar-refractivity contribution >= 4 is 35.1 Å². The molecule has 24 heavy (non-hydrogen) atoms. The number of aryl methyl sites for hydroxylation is 1. The Balaban J connectivity index is 1.85.